The lowest BCUT2D eigenvalue weighted by Gasteiger charge is -2.18. The molecule has 0 aromatic carbocycles. The molecule has 6 heteroatoms. The number of esters is 3. The van der Waals surface area contributed by atoms with Crippen molar-refractivity contribution in [3.05, 3.63) is 0 Å². The van der Waals surface area contributed by atoms with Gasteiger partial charge in [-0.3, -0.25) is 14.4 Å². The Kier molecular flexibility index (Phi) is 46.8. The fourth-order valence-electron chi connectivity index (χ4n) is 7.89. The topological polar surface area (TPSA) is 78.9 Å². The minimum Gasteiger partial charge on any atom is -0.462 e. The second-order valence-corrected chi connectivity index (χ2v) is 17.8. The Morgan fingerprint density at radius 2 is 0.483 bits per heavy atom. The molecule has 0 radical (unpaired) electrons. The van der Waals surface area contributed by atoms with Crippen molar-refractivity contribution < 1.29 is 28.6 Å². The maximum atomic E-state index is 12.7. The number of hydrogen-bond acceptors (Lipinski definition) is 6. The van der Waals surface area contributed by atoms with Gasteiger partial charge in [0, 0.05) is 19.3 Å². The predicted octanol–water partition coefficient (Wildman–Crippen LogP) is 16.8. The molecule has 6 nitrogen and oxygen atoms in total. The second-order valence-electron chi connectivity index (χ2n) is 17.8. The summed E-state index contributed by atoms with van der Waals surface area (Å²) in [5.41, 5.74) is 0. The lowest BCUT2D eigenvalue weighted by Crippen LogP contribution is -2.30. The molecule has 0 aromatic heterocycles. The van der Waals surface area contributed by atoms with Crippen LogP contribution in [0.2, 0.25) is 0 Å². The van der Waals surface area contributed by atoms with E-state index in [0.717, 1.165) is 51.4 Å². The van der Waals surface area contributed by atoms with Crippen LogP contribution in [0.5, 0.6) is 0 Å². The summed E-state index contributed by atoms with van der Waals surface area (Å²) in [7, 11) is 0. The Bertz CT molecular complexity index is 859. The Balaban J connectivity index is 3.90. The van der Waals surface area contributed by atoms with Crippen LogP contribution < -0.4 is 0 Å². The summed E-state index contributed by atoms with van der Waals surface area (Å²) < 4.78 is 16.5. The summed E-state index contributed by atoms with van der Waals surface area (Å²) >= 11 is 0. The maximum absolute atomic E-state index is 12.7. The zero-order valence-corrected chi connectivity index (χ0v) is 39.3. The maximum Gasteiger partial charge on any atom is 0.306 e. The van der Waals surface area contributed by atoms with E-state index in [1.165, 1.54) is 205 Å². The molecule has 0 rings (SSSR count). The van der Waals surface area contributed by atoms with Crippen molar-refractivity contribution in [3.63, 3.8) is 0 Å². The molecule has 0 spiro atoms. The average Bonchev–Trinajstić information content (AvgIpc) is 3.22. The van der Waals surface area contributed by atoms with E-state index in [0.29, 0.717) is 19.3 Å². The smallest absolute Gasteiger partial charge is 0.306 e. The lowest BCUT2D eigenvalue weighted by atomic mass is 10.0. The van der Waals surface area contributed by atoms with E-state index in [1.54, 1.807) is 0 Å². The largest absolute Gasteiger partial charge is 0.462 e. The molecule has 58 heavy (non-hydrogen) atoms. The summed E-state index contributed by atoms with van der Waals surface area (Å²) in [5, 5.41) is 0. The summed E-state index contributed by atoms with van der Waals surface area (Å²) in [6.45, 7) is 6.46. The molecule has 0 aliphatic rings. The number of ether oxygens (including phenoxy) is 3. The van der Waals surface area contributed by atoms with Gasteiger partial charge in [-0.2, -0.15) is 0 Å². The molecular weight excluding hydrogens is 721 g/mol. The van der Waals surface area contributed by atoms with Crippen LogP contribution in [-0.2, 0) is 28.6 Å². The van der Waals surface area contributed by atoms with Crippen LogP contribution in [-0.4, -0.2) is 37.2 Å². The number of carbonyl (C=O) groups excluding carboxylic acids is 3. The van der Waals surface area contributed by atoms with Gasteiger partial charge in [0.25, 0.3) is 0 Å². The number of rotatable bonds is 48. The molecule has 0 saturated carbocycles. The molecule has 1 atom stereocenters. The molecule has 0 fully saturated rings. The van der Waals surface area contributed by atoms with Crippen molar-refractivity contribution in [2.75, 3.05) is 13.2 Å². The lowest BCUT2D eigenvalue weighted by molar-refractivity contribution is -0.167. The molecule has 0 aliphatic heterocycles. The molecule has 0 bridgehead atoms. The third-order valence-corrected chi connectivity index (χ3v) is 11.9. The van der Waals surface area contributed by atoms with Gasteiger partial charge in [-0.15, -0.1) is 0 Å². The van der Waals surface area contributed by atoms with Crippen molar-refractivity contribution in [1.29, 1.82) is 0 Å². The van der Waals surface area contributed by atoms with Crippen LogP contribution in [0.4, 0.5) is 0 Å². The molecule has 0 aliphatic carbocycles. The van der Waals surface area contributed by atoms with Gasteiger partial charge in [-0.1, -0.05) is 258 Å². The van der Waals surface area contributed by atoms with Gasteiger partial charge in [0.1, 0.15) is 13.2 Å². The van der Waals surface area contributed by atoms with Crippen LogP contribution in [0.25, 0.3) is 0 Å². The second kappa shape index (κ2) is 48.1. The van der Waals surface area contributed by atoms with Crippen molar-refractivity contribution in [3.8, 4) is 0 Å². The van der Waals surface area contributed by atoms with E-state index < -0.39 is 6.10 Å². The Labute approximate surface area is 361 Å². The first kappa shape index (κ1) is 56.4. The standard InChI is InChI=1S/C52H100O6/c1-4-7-10-12-14-16-18-20-22-24-26-28-30-32-34-36-38-40-42-45-51(54)57-48-49(47-56-50(53)44-9-6-3)58-52(55)46-43-41-39-37-35-33-31-29-27-25-23-21-19-17-15-13-11-8-5-2/h49H,4-48H2,1-3H3/t49-/m0/s1. The predicted molar refractivity (Wildman–Crippen MR) is 247 cm³/mol. The number of hydrogen-bond donors (Lipinski definition) is 0. The van der Waals surface area contributed by atoms with E-state index in [2.05, 4.69) is 13.8 Å². The summed E-state index contributed by atoms with van der Waals surface area (Å²) in [6, 6.07) is 0. The third kappa shape index (κ3) is 45.5. The van der Waals surface area contributed by atoms with Crippen LogP contribution >= 0.6 is 0 Å². The van der Waals surface area contributed by atoms with E-state index >= 15 is 0 Å². The fourth-order valence-corrected chi connectivity index (χ4v) is 7.89. The zero-order chi connectivity index (χ0) is 42.3. The highest BCUT2D eigenvalue weighted by atomic mass is 16.6. The van der Waals surface area contributed by atoms with E-state index in [9.17, 15) is 14.4 Å². The molecule has 0 N–H and O–H groups in total. The Hall–Kier alpha value is -1.59. The highest BCUT2D eigenvalue weighted by Gasteiger charge is 2.19. The third-order valence-electron chi connectivity index (χ3n) is 11.9. The minimum atomic E-state index is -0.757. The van der Waals surface area contributed by atoms with Crippen molar-refractivity contribution in [1.82, 2.24) is 0 Å². The number of carbonyl (C=O) groups is 3. The Morgan fingerprint density at radius 3 is 0.741 bits per heavy atom. The molecular formula is C52H100O6. The summed E-state index contributed by atoms with van der Waals surface area (Å²) in [4.78, 5) is 37.3. The van der Waals surface area contributed by atoms with Gasteiger partial charge in [0.15, 0.2) is 6.10 Å². The summed E-state index contributed by atoms with van der Waals surface area (Å²) in [5.74, 6) is -0.886. The molecule has 0 unspecified atom stereocenters. The van der Waals surface area contributed by atoms with Crippen molar-refractivity contribution in [2.24, 2.45) is 0 Å². The van der Waals surface area contributed by atoms with Crippen LogP contribution in [0.15, 0.2) is 0 Å². The van der Waals surface area contributed by atoms with E-state index in [1.807, 2.05) is 6.92 Å². The van der Waals surface area contributed by atoms with E-state index in [4.69, 9.17) is 14.2 Å². The van der Waals surface area contributed by atoms with Crippen molar-refractivity contribution in [2.45, 2.75) is 303 Å². The van der Waals surface area contributed by atoms with Crippen LogP contribution in [0, 0.1) is 0 Å². The van der Waals surface area contributed by atoms with Crippen molar-refractivity contribution >= 4 is 17.9 Å². The van der Waals surface area contributed by atoms with Gasteiger partial charge >= 0.3 is 17.9 Å². The van der Waals surface area contributed by atoms with E-state index in [-0.39, 0.29) is 31.1 Å². The Morgan fingerprint density at radius 1 is 0.276 bits per heavy atom. The van der Waals surface area contributed by atoms with Gasteiger partial charge < -0.3 is 14.2 Å². The first-order chi connectivity index (χ1) is 28.5. The normalized spacial score (nSPS) is 11.8. The fraction of sp³-hybridized carbons (Fsp3) is 0.942. The number of unbranched alkanes of at least 4 members (excludes halogenated alkanes) is 37. The van der Waals surface area contributed by atoms with Gasteiger partial charge in [0.2, 0.25) is 0 Å². The molecule has 344 valence electrons. The van der Waals surface area contributed by atoms with Crippen LogP contribution in [0.1, 0.15) is 297 Å². The molecule has 0 saturated heterocycles. The highest BCUT2D eigenvalue weighted by Crippen LogP contribution is 2.17. The van der Waals surface area contributed by atoms with Gasteiger partial charge in [0.05, 0.1) is 0 Å². The molecule has 0 heterocycles. The zero-order valence-electron chi connectivity index (χ0n) is 39.3. The monoisotopic (exact) mass is 821 g/mol. The minimum absolute atomic E-state index is 0.0655. The average molecular weight is 821 g/mol. The molecule has 0 aromatic rings. The SMILES string of the molecule is CCCCCCCCCCCCCCCCCCCCCC(=O)OC[C@H](COC(=O)CCCC)OC(=O)CCCCCCCCCCCCCCCCCCCCC. The quantitative estimate of drug-likeness (QED) is 0.0346. The summed E-state index contributed by atoms with van der Waals surface area (Å²) in [6.07, 6.45) is 52.0. The first-order valence-corrected chi connectivity index (χ1v) is 26.0. The molecule has 0 amide bonds. The van der Waals surface area contributed by atoms with Crippen LogP contribution in [0.3, 0.4) is 0 Å². The van der Waals surface area contributed by atoms with Gasteiger partial charge in [-0.25, -0.2) is 0 Å². The highest BCUT2D eigenvalue weighted by molar-refractivity contribution is 5.71. The first-order valence-electron chi connectivity index (χ1n) is 26.0. The van der Waals surface area contributed by atoms with Gasteiger partial charge in [-0.05, 0) is 19.3 Å².